The third-order valence-electron chi connectivity index (χ3n) is 4.54. The van der Waals surface area contributed by atoms with Crippen molar-refractivity contribution >= 4 is 40.6 Å². The molecular weight excluding hydrogens is 419 g/mol. The number of nitrogens with one attached hydrogen (secondary N) is 1. The number of thioether (sulfide) groups is 1. The molecule has 0 spiro atoms. The summed E-state index contributed by atoms with van der Waals surface area (Å²) in [6, 6.07) is 16.3. The van der Waals surface area contributed by atoms with E-state index in [0.29, 0.717) is 22.8 Å². The van der Waals surface area contributed by atoms with Gasteiger partial charge in [-0.15, -0.1) is 0 Å². The second kappa shape index (κ2) is 8.61. The van der Waals surface area contributed by atoms with E-state index in [1.165, 1.54) is 18.2 Å². The molecule has 0 aliphatic carbocycles. The monoisotopic (exact) mass is 436 g/mol. The van der Waals surface area contributed by atoms with E-state index in [-0.39, 0.29) is 17.3 Å². The molecule has 0 bridgehead atoms. The van der Waals surface area contributed by atoms with Crippen molar-refractivity contribution in [2.24, 2.45) is 0 Å². The van der Waals surface area contributed by atoms with Crippen LogP contribution in [0.5, 0.6) is 0 Å². The lowest BCUT2D eigenvalue weighted by Gasteiger charge is -2.12. The first kappa shape index (κ1) is 20.6. The van der Waals surface area contributed by atoms with Crippen molar-refractivity contribution in [2.75, 3.05) is 11.9 Å². The minimum absolute atomic E-state index is 0.160. The Bertz CT molecular complexity index is 1180. The second-order valence-corrected chi connectivity index (χ2v) is 7.88. The van der Waals surface area contributed by atoms with Crippen LogP contribution in [0.25, 0.3) is 17.4 Å². The van der Waals surface area contributed by atoms with Crippen LogP contribution in [0.2, 0.25) is 0 Å². The van der Waals surface area contributed by atoms with Gasteiger partial charge in [0.15, 0.2) is 0 Å². The van der Waals surface area contributed by atoms with Crippen molar-refractivity contribution in [1.29, 1.82) is 0 Å². The molecule has 1 saturated heterocycles. The predicted molar refractivity (Wildman–Crippen MR) is 117 cm³/mol. The average Bonchev–Trinajstić information content (AvgIpc) is 3.31. The van der Waals surface area contributed by atoms with Crippen LogP contribution in [0.1, 0.15) is 11.3 Å². The van der Waals surface area contributed by atoms with E-state index in [1.807, 2.05) is 19.1 Å². The van der Waals surface area contributed by atoms with Gasteiger partial charge in [0.2, 0.25) is 5.91 Å². The number of aryl methyl sites for hydroxylation is 1. The Kier molecular flexibility index (Phi) is 5.73. The largest absolute Gasteiger partial charge is 0.457 e. The van der Waals surface area contributed by atoms with E-state index in [0.717, 1.165) is 22.2 Å². The summed E-state index contributed by atoms with van der Waals surface area (Å²) in [6.45, 7) is 1.55. The number of imide groups is 1. The number of carbonyl (C=O) groups excluding carboxylic acids is 3. The summed E-state index contributed by atoms with van der Waals surface area (Å²) in [4.78, 5) is 38.2. The van der Waals surface area contributed by atoms with Crippen molar-refractivity contribution in [2.45, 2.75) is 6.92 Å². The standard InChI is InChI=1S/C23H17FN2O4S/c1-14-2-8-17(9-3-14)25-21(27)13-26-22(28)20(31-23(26)29)12-18-10-11-19(30-18)15-4-6-16(24)7-5-15/h2-12H,13H2,1H3,(H,25,27)/b20-12-. The van der Waals surface area contributed by atoms with Gasteiger partial charge in [-0.3, -0.25) is 19.3 Å². The number of anilines is 1. The molecule has 3 aromatic rings. The van der Waals surface area contributed by atoms with Gasteiger partial charge in [0.05, 0.1) is 4.91 Å². The summed E-state index contributed by atoms with van der Waals surface area (Å²) in [6.07, 6.45) is 1.45. The predicted octanol–water partition coefficient (Wildman–Crippen LogP) is 5.07. The molecule has 1 fully saturated rings. The average molecular weight is 436 g/mol. The first-order valence-electron chi connectivity index (χ1n) is 9.37. The van der Waals surface area contributed by atoms with Crippen molar-refractivity contribution in [3.63, 3.8) is 0 Å². The van der Waals surface area contributed by atoms with Crippen LogP contribution in [0.3, 0.4) is 0 Å². The number of benzene rings is 2. The van der Waals surface area contributed by atoms with Gasteiger partial charge in [0.1, 0.15) is 23.9 Å². The van der Waals surface area contributed by atoms with E-state index in [1.54, 1.807) is 36.4 Å². The van der Waals surface area contributed by atoms with Crippen molar-refractivity contribution in [1.82, 2.24) is 4.90 Å². The minimum Gasteiger partial charge on any atom is -0.457 e. The number of carbonyl (C=O) groups is 3. The topological polar surface area (TPSA) is 79.6 Å². The highest BCUT2D eigenvalue weighted by Gasteiger charge is 2.36. The molecule has 0 atom stereocenters. The van der Waals surface area contributed by atoms with Crippen LogP contribution in [0.15, 0.2) is 70.0 Å². The Labute approximate surface area is 181 Å². The van der Waals surface area contributed by atoms with Crippen LogP contribution < -0.4 is 5.32 Å². The number of hydrogen-bond acceptors (Lipinski definition) is 5. The fourth-order valence-corrected chi connectivity index (χ4v) is 3.76. The molecule has 0 saturated carbocycles. The molecule has 31 heavy (non-hydrogen) atoms. The zero-order valence-electron chi connectivity index (χ0n) is 16.4. The van der Waals surface area contributed by atoms with Gasteiger partial charge >= 0.3 is 0 Å². The van der Waals surface area contributed by atoms with E-state index in [2.05, 4.69) is 5.32 Å². The summed E-state index contributed by atoms with van der Waals surface area (Å²) >= 11 is 0.743. The Balaban J connectivity index is 1.44. The van der Waals surface area contributed by atoms with Gasteiger partial charge in [-0.1, -0.05) is 17.7 Å². The maximum atomic E-state index is 13.1. The highest BCUT2D eigenvalue weighted by atomic mass is 32.2. The van der Waals surface area contributed by atoms with Crippen molar-refractivity contribution in [3.05, 3.63) is 82.7 Å². The first-order chi connectivity index (χ1) is 14.9. The number of hydrogen-bond donors (Lipinski definition) is 1. The van der Waals surface area contributed by atoms with Gasteiger partial charge < -0.3 is 9.73 Å². The van der Waals surface area contributed by atoms with Crippen LogP contribution in [-0.4, -0.2) is 28.5 Å². The zero-order chi connectivity index (χ0) is 22.0. The summed E-state index contributed by atoms with van der Waals surface area (Å²) in [5.74, 6) is -0.509. The zero-order valence-corrected chi connectivity index (χ0v) is 17.2. The number of amides is 3. The molecule has 6 nitrogen and oxygen atoms in total. The third-order valence-corrected chi connectivity index (χ3v) is 5.45. The van der Waals surface area contributed by atoms with Gasteiger partial charge in [-0.25, -0.2) is 4.39 Å². The molecule has 0 unspecified atom stereocenters. The number of halogens is 1. The molecule has 0 radical (unpaired) electrons. The Morgan fingerprint density at radius 3 is 2.48 bits per heavy atom. The second-order valence-electron chi connectivity index (χ2n) is 6.89. The van der Waals surface area contributed by atoms with Crippen molar-refractivity contribution < 1.29 is 23.2 Å². The fraction of sp³-hybridized carbons (Fsp3) is 0.0870. The molecular formula is C23H17FN2O4S. The fourth-order valence-electron chi connectivity index (χ4n) is 2.95. The van der Waals surface area contributed by atoms with Gasteiger partial charge in [-0.2, -0.15) is 0 Å². The Morgan fingerprint density at radius 1 is 1.06 bits per heavy atom. The van der Waals surface area contributed by atoms with Crippen LogP contribution in [0, 0.1) is 12.7 Å². The summed E-state index contributed by atoms with van der Waals surface area (Å²) in [7, 11) is 0. The first-order valence-corrected chi connectivity index (χ1v) is 10.2. The Morgan fingerprint density at radius 2 is 1.77 bits per heavy atom. The van der Waals surface area contributed by atoms with E-state index >= 15 is 0 Å². The van der Waals surface area contributed by atoms with Crippen LogP contribution in [-0.2, 0) is 9.59 Å². The van der Waals surface area contributed by atoms with Crippen molar-refractivity contribution in [3.8, 4) is 11.3 Å². The lowest BCUT2D eigenvalue weighted by Crippen LogP contribution is -2.36. The molecule has 1 aliphatic rings. The smallest absolute Gasteiger partial charge is 0.294 e. The lowest BCUT2D eigenvalue weighted by atomic mass is 10.2. The summed E-state index contributed by atoms with van der Waals surface area (Å²) in [5.41, 5.74) is 2.32. The number of rotatable bonds is 5. The molecule has 2 heterocycles. The molecule has 3 amide bonds. The third kappa shape index (κ3) is 4.75. The van der Waals surface area contributed by atoms with Gasteiger partial charge in [-0.05, 0) is 67.2 Å². The molecule has 1 aromatic heterocycles. The highest BCUT2D eigenvalue weighted by molar-refractivity contribution is 8.18. The van der Waals surface area contributed by atoms with E-state index in [9.17, 15) is 18.8 Å². The normalized spacial score (nSPS) is 15.0. The maximum Gasteiger partial charge on any atom is 0.294 e. The summed E-state index contributed by atoms with van der Waals surface area (Å²) < 4.78 is 18.8. The quantitative estimate of drug-likeness (QED) is 0.565. The van der Waals surface area contributed by atoms with E-state index < -0.39 is 17.1 Å². The van der Waals surface area contributed by atoms with E-state index in [4.69, 9.17) is 4.42 Å². The van der Waals surface area contributed by atoms with Crippen LogP contribution in [0.4, 0.5) is 14.9 Å². The number of furan rings is 1. The SMILES string of the molecule is Cc1ccc(NC(=O)CN2C(=O)S/C(=C\c3ccc(-c4ccc(F)cc4)o3)C2=O)cc1. The molecule has 4 rings (SSSR count). The van der Waals surface area contributed by atoms with Crippen LogP contribution >= 0.6 is 11.8 Å². The number of nitrogens with zero attached hydrogens (tertiary/aromatic N) is 1. The maximum absolute atomic E-state index is 13.1. The molecule has 1 aliphatic heterocycles. The molecule has 1 N–H and O–H groups in total. The molecule has 156 valence electrons. The van der Waals surface area contributed by atoms with Gasteiger partial charge in [0.25, 0.3) is 11.1 Å². The highest BCUT2D eigenvalue weighted by Crippen LogP contribution is 2.33. The molecule has 2 aromatic carbocycles. The van der Waals surface area contributed by atoms with Gasteiger partial charge in [0, 0.05) is 17.3 Å². The lowest BCUT2D eigenvalue weighted by molar-refractivity contribution is -0.127. The summed E-state index contributed by atoms with van der Waals surface area (Å²) in [5, 5.41) is 2.14. The molecule has 8 heteroatoms. The minimum atomic E-state index is -0.561. The Hall–Kier alpha value is -3.65.